The Morgan fingerprint density at radius 2 is 1.42 bits per heavy atom. The van der Waals surface area contributed by atoms with Crippen LogP contribution >= 0.6 is 0 Å². The van der Waals surface area contributed by atoms with Crippen molar-refractivity contribution < 1.29 is 9.59 Å². The van der Waals surface area contributed by atoms with Crippen molar-refractivity contribution in [2.45, 2.75) is 32.6 Å². The second-order valence-electron chi connectivity index (χ2n) is 7.64. The number of carbonyl (C=O) groups is 2. The molecule has 2 aromatic carbocycles. The molecule has 0 bridgehead atoms. The van der Waals surface area contributed by atoms with Crippen LogP contribution in [0, 0.1) is 0 Å². The molecule has 0 atom stereocenters. The maximum atomic E-state index is 12.2. The minimum Gasteiger partial charge on any atom is -0.356 e. The molecule has 3 amide bonds. The average Bonchev–Trinajstić information content (AvgIpc) is 2.61. The van der Waals surface area contributed by atoms with E-state index in [4.69, 9.17) is 0 Å². The minimum absolute atomic E-state index is 0.135. The molecule has 26 heavy (non-hydrogen) atoms. The van der Waals surface area contributed by atoms with Crippen LogP contribution in [0.25, 0.3) is 0 Å². The van der Waals surface area contributed by atoms with Crippen molar-refractivity contribution in [3.8, 4) is 0 Å². The summed E-state index contributed by atoms with van der Waals surface area (Å²) in [6.45, 7) is 7.01. The predicted molar refractivity (Wildman–Crippen MR) is 105 cm³/mol. The van der Waals surface area contributed by atoms with E-state index < -0.39 is 0 Å². The fraction of sp³-hybridized carbons (Fsp3) is 0.333. The summed E-state index contributed by atoms with van der Waals surface area (Å²) in [5.74, 6) is -0.136. The van der Waals surface area contributed by atoms with E-state index in [-0.39, 0.29) is 17.4 Å². The standard InChI is InChI=1S/C21H25N3O2/c1-21(2,3)15-5-7-16(8-6-15)22-17-9-11-18(12-10-17)24-14-13-19(25)23(4)20(24)26/h5-12,22H,13-14H2,1-4H3. The van der Waals surface area contributed by atoms with E-state index >= 15 is 0 Å². The fourth-order valence-electron chi connectivity index (χ4n) is 2.94. The molecule has 1 aliphatic heterocycles. The SMILES string of the molecule is CN1C(=O)CCN(c2ccc(Nc3ccc(C(C)(C)C)cc3)cc2)C1=O. The van der Waals surface area contributed by atoms with Crippen LogP contribution in [0.15, 0.2) is 48.5 Å². The first-order chi connectivity index (χ1) is 12.3. The Kier molecular flexibility index (Phi) is 4.72. The second kappa shape index (κ2) is 6.83. The first-order valence-electron chi connectivity index (χ1n) is 8.81. The van der Waals surface area contributed by atoms with Gasteiger partial charge in [0, 0.05) is 37.1 Å². The Hall–Kier alpha value is -2.82. The zero-order chi connectivity index (χ0) is 18.9. The molecule has 136 valence electrons. The highest BCUT2D eigenvalue weighted by molar-refractivity contribution is 6.05. The van der Waals surface area contributed by atoms with Crippen LogP contribution in [0.4, 0.5) is 21.9 Å². The van der Waals surface area contributed by atoms with Gasteiger partial charge < -0.3 is 5.32 Å². The van der Waals surface area contributed by atoms with Crippen LogP contribution in [-0.2, 0) is 10.2 Å². The van der Waals surface area contributed by atoms with Gasteiger partial charge in [-0.3, -0.25) is 14.6 Å². The summed E-state index contributed by atoms with van der Waals surface area (Å²) < 4.78 is 0. The topological polar surface area (TPSA) is 52.7 Å². The van der Waals surface area contributed by atoms with Crippen LogP contribution < -0.4 is 10.2 Å². The van der Waals surface area contributed by atoms with Crippen molar-refractivity contribution >= 4 is 29.0 Å². The van der Waals surface area contributed by atoms with Crippen LogP contribution in [0.2, 0.25) is 0 Å². The van der Waals surface area contributed by atoms with Crippen LogP contribution in [-0.4, -0.2) is 30.4 Å². The van der Waals surface area contributed by atoms with Crippen molar-refractivity contribution in [2.24, 2.45) is 0 Å². The Balaban J connectivity index is 1.70. The maximum absolute atomic E-state index is 12.2. The number of nitrogens with one attached hydrogen (secondary N) is 1. The molecular weight excluding hydrogens is 326 g/mol. The first-order valence-corrected chi connectivity index (χ1v) is 8.81. The van der Waals surface area contributed by atoms with Gasteiger partial charge in [-0.2, -0.15) is 0 Å². The summed E-state index contributed by atoms with van der Waals surface area (Å²) in [6.07, 6.45) is 0.350. The van der Waals surface area contributed by atoms with E-state index in [0.29, 0.717) is 13.0 Å². The zero-order valence-corrected chi connectivity index (χ0v) is 15.7. The highest BCUT2D eigenvalue weighted by atomic mass is 16.2. The molecule has 5 heteroatoms. The molecule has 0 unspecified atom stereocenters. The molecular formula is C21H25N3O2. The normalized spacial score (nSPS) is 15.4. The third kappa shape index (κ3) is 3.72. The summed E-state index contributed by atoms with van der Waals surface area (Å²) in [4.78, 5) is 26.6. The molecule has 5 nitrogen and oxygen atoms in total. The number of imide groups is 1. The largest absolute Gasteiger partial charge is 0.356 e. The molecule has 0 aliphatic carbocycles. The van der Waals surface area contributed by atoms with Crippen LogP contribution in [0.1, 0.15) is 32.8 Å². The summed E-state index contributed by atoms with van der Waals surface area (Å²) in [7, 11) is 1.52. The van der Waals surface area contributed by atoms with Gasteiger partial charge in [0.25, 0.3) is 0 Å². The third-order valence-electron chi connectivity index (χ3n) is 4.66. The number of nitrogens with zero attached hydrogens (tertiary/aromatic N) is 2. The Morgan fingerprint density at radius 1 is 0.885 bits per heavy atom. The van der Waals surface area contributed by atoms with Crippen LogP contribution in [0.5, 0.6) is 0 Å². The van der Waals surface area contributed by atoms with Crippen LogP contribution in [0.3, 0.4) is 0 Å². The summed E-state index contributed by atoms with van der Waals surface area (Å²) >= 11 is 0. The molecule has 2 aromatic rings. The lowest BCUT2D eigenvalue weighted by Crippen LogP contribution is -2.50. The Bertz CT molecular complexity index is 805. The van der Waals surface area contributed by atoms with Gasteiger partial charge in [0.05, 0.1) is 0 Å². The molecule has 3 rings (SSSR count). The number of hydrogen-bond donors (Lipinski definition) is 1. The van der Waals surface area contributed by atoms with E-state index in [9.17, 15) is 9.59 Å². The molecule has 1 fully saturated rings. The first kappa shape index (κ1) is 18.0. The Morgan fingerprint density at radius 3 is 1.96 bits per heavy atom. The van der Waals surface area contributed by atoms with Gasteiger partial charge in [0.1, 0.15) is 0 Å². The van der Waals surface area contributed by atoms with Crippen molar-refractivity contribution in [2.75, 3.05) is 23.8 Å². The highest BCUT2D eigenvalue weighted by Gasteiger charge is 2.29. The van der Waals surface area contributed by atoms with E-state index in [1.807, 2.05) is 24.3 Å². The quantitative estimate of drug-likeness (QED) is 0.885. The van der Waals surface area contributed by atoms with Crippen molar-refractivity contribution in [3.63, 3.8) is 0 Å². The van der Waals surface area contributed by atoms with Gasteiger partial charge in [-0.1, -0.05) is 32.9 Å². The van der Waals surface area contributed by atoms with Crippen molar-refractivity contribution in [1.82, 2.24) is 4.90 Å². The fourth-order valence-corrected chi connectivity index (χ4v) is 2.94. The van der Waals surface area contributed by atoms with E-state index in [2.05, 4.69) is 50.4 Å². The number of amides is 3. The number of carbonyl (C=O) groups excluding carboxylic acids is 2. The molecule has 1 heterocycles. The maximum Gasteiger partial charge on any atom is 0.330 e. The lowest BCUT2D eigenvalue weighted by atomic mass is 9.87. The van der Waals surface area contributed by atoms with Gasteiger partial charge in [0.2, 0.25) is 5.91 Å². The van der Waals surface area contributed by atoms with Crippen molar-refractivity contribution in [1.29, 1.82) is 0 Å². The number of urea groups is 1. The smallest absolute Gasteiger partial charge is 0.330 e. The average molecular weight is 351 g/mol. The molecule has 1 aliphatic rings. The highest BCUT2D eigenvalue weighted by Crippen LogP contribution is 2.26. The minimum atomic E-state index is -0.278. The van der Waals surface area contributed by atoms with Gasteiger partial charge in [-0.05, 0) is 47.4 Å². The number of hydrogen-bond acceptors (Lipinski definition) is 3. The summed E-state index contributed by atoms with van der Waals surface area (Å²) in [6, 6.07) is 15.8. The predicted octanol–water partition coefficient (Wildman–Crippen LogP) is 4.52. The Labute approximate surface area is 154 Å². The van der Waals surface area contributed by atoms with E-state index in [1.54, 1.807) is 4.90 Å². The molecule has 1 N–H and O–H groups in total. The molecule has 1 saturated heterocycles. The number of benzene rings is 2. The lowest BCUT2D eigenvalue weighted by molar-refractivity contribution is -0.127. The monoisotopic (exact) mass is 351 g/mol. The third-order valence-corrected chi connectivity index (χ3v) is 4.66. The van der Waals surface area contributed by atoms with Crippen molar-refractivity contribution in [3.05, 3.63) is 54.1 Å². The molecule has 0 aromatic heterocycles. The van der Waals surface area contributed by atoms with Gasteiger partial charge in [-0.15, -0.1) is 0 Å². The molecule has 0 spiro atoms. The molecule has 0 saturated carbocycles. The van der Waals surface area contributed by atoms with Gasteiger partial charge in [0.15, 0.2) is 0 Å². The van der Waals surface area contributed by atoms with E-state index in [1.165, 1.54) is 17.5 Å². The summed E-state index contributed by atoms with van der Waals surface area (Å²) in [5, 5.41) is 3.37. The number of anilines is 3. The molecule has 0 radical (unpaired) electrons. The van der Waals surface area contributed by atoms with Gasteiger partial charge >= 0.3 is 6.03 Å². The number of rotatable bonds is 3. The zero-order valence-electron chi connectivity index (χ0n) is 15.7. The van der Waals surface area contributed by atoms with Gasteiger partial charge in [-0.25, -0.2) is 4.79 Å². The second-order valence-corrected chi connectivity index (χ2v) is 7.64. The summed E-state index contributed by atoms with van der Waals surface area (Å²) in [5.41, 5.74) is 4.19. The lowest BCUT2D eigenvalue weighted by Gasteiger charge is -2.32. The van der Waals surface area contributed by atoms with E-state index in [0.717, 1.165) is 17.1 Å².